The number of nitrogens with two attached hydrogens (primary N) is 1. The Morgan fingerprint density at radius 2 is 2.31 bits per heavy atom. The molecule has 0 unspecified atom stereocenters. The largest absolute Gasteiger partial charge is 0.324 e. The third-order valence-electron chi connectivity index (χ3n) is 2.66. The summed E-state index contributed by atoms with van der Waals surface area (Å²) in [5.74, 6) is 0. The second-order valence-corrected chi connectivity index (χ2v) is 3.57. The van der Waals surface area contributed by atoms with Gasteiger partial charge in [0.25, 0.3) is 0 Å². The van der Waals surface area contributed by atoms with Gasteiger partial charge < -0.3 is 5.73 Å². The van der Waals surface area contributed by atoms with Crippen molar-refractivity contribution < 1.29 is 4.79 Å². The van der Waals surface area contributed by atoms with Crippen LogP contribution in [0.5, 0.6) is 0 Å². The molecule has 0 radical (unpaired) electrons. The zero-order chi connectivity index (χ0) is 9.26. The van der Waals surface area contributed by atoms with Gasteiger partial charge in [-0.05, 0) is 36.5 Å². The van der Waals surface area contributed by atoms with Crippen LogP contribution < -0.4 is 5.73 Å². The molecule has 0 heterocycles. The van der Waals surface area contributed by atoms with Crippen molar-refractivity contribution in [2.24, 2.45) is 5.73 Å². The van der Waals surface area contributed by atoms with Crippen molar-refractivity contribution in [1.82, 2.24) is 0 Å². The molecule has 0 bridgehead atoms. The molecule has 2 rings (SSSR count). The Kier molecular flexibility index (Phi) is 2.15. The fourth-order valence-corrected chi connectivity index (χ4v) is 1.95. The van der Waals surface area contributed by atoms with E-state index in [0.29, 0.717) is 0 Å². The number of aldehydes is 1. The molecule has 1 aliphatic carbocycles. The van der Waals surface area contributed by atoms with Crippen LogP contribution in [0.2, 0.25) is 0 Å². The predicted octanol–water partition coefficient (Wildman–Crippen LogP) is 1.84. The van der Waals surface area contributed by atoms with Crippen molar-refractivity contribution in [2.75, 3.05) is 0 Å². The molecule has 0 aliphatic heterocycles. The Hall–Kier alpha value is -1.15. The molecule has 0 amide bonds. The van der Waals surface area contributed by atoms with Gasteiger partial charge in [0.05, 0.1) is 0 Å². The Morgan fingerprint density at radius 1 is 1.46 bits per heavy atom. The molecule has 68 valence electrons. The lowest BCUT2D eigenvalue weighted by Gasteiger charge is -2.22. The SMILES string of the molecule is N[C@@H]1CCCc2cc(C=O)ccc21. The lowest BCUT2D eigenvalue weighted by molar-refractivity contribution is 0.112. The van der Waals surface area contributed by atoms with E-state index in [9.17, 15) is 4.79 Å². The first-order chi connectivity index (χ1) is 6.31. The molecule has 2 heteroatoms. The summed E-state index contributed by atoms with van der Waals surface area (Å²) in [5.41, 5.74) is 9.18. The van der Waals surface area contributed by atoms with Crippen molar-refractivity contribution in [1.29, 1.82) is 0 Å². The monoisotopic (exact) mass is 175 g/mol. The number of benzene rings is 1. The second kappa shape index (κ2) is 3.30. The van der Waals surface area contributed by atoms with Crippen molar-refractivity contribution in [2.45, 2.75) is 25.3 Å². The topological polar surface area (TPSA) is 43.1 Å². The van der Waals surface area contributed by atoms with E-state index in [2.05, 4.69) is 0 Å². The minimum absolute atomic E-state index is 0.171. The van der Waals surface area contributed by atoms with E-state index >= 15 is 0 Å². The summed E-state index contributed by atoms with van der Waals surface area (Å²) in [7, 11) is 0. The Bertz CT molecular complexity index is 333. The van der Waals surface area contributed by atoms with Crippen LogP contribution in [-0.4, -0.2) is 6.29 Å². The third-order valence-corrected chi connectivity index (χ3v) is 2.66. The highest BCUT2D eigenvalue weighted by Gasteiger charge is 2.16. The molecule has 1 aromatic rings. The van der Waals surface area contributed by atoms with Crippen LogP contribution in [0.4, 0.5) is 0 Å². The number of hydrogen-bond acceptors (Lipinski definition) is 2. The lowest BCUT2D eigenvalue weighted by Crippen LogP contribution is -2.17. The maximum atomic E-state index is 10.5. The Balaban J connectivity index is 2.45. The summed E-state index contributed by atoms with van der Waals surface area (Å²) >= 11 is 0. The van der Waals surface area contributed by atoms with Gasteiger partial charge in [0.1, 0.15) is 6.29 Å². The van der Waals surface area contributed by atoms with Crippen molar-refractivity contribution in [3.63, 3.8) is 0 Å². The molecule has 1 aliphatic rings. The van der Waals surface area contributed by atoms with Gasteiger partial charge in [-0.25, -0.2) is 0 Å². The fourth-order valence-electron chi connectivity index (χ4n) is 1.95. The van der Waals surface area contributed by atoms with Crippen molar-refractivity contribution in [3.05, 3.63) is 34.9 Å². The highest BCUT2D eigenvalue weighted by atomic mass is 16.1. The molecule has 2 N–H and O–H groups in total. The summed E-state index contributed by atoms with van der Waals surface area (Å²) in [5, 5.41) is 0. The number of fused-ring (bicyclic) bond motifs is 1. The van der Waals surface area contributed by atoms with E-state index in [0.717, 1.165) is 31.1 Å². The Labute approximate surface area is 77.8 Å². The van der Waals surface area contributed by atoms with Gasteiger partial charge in [0.15, 0.2) is 0 Å². The van der Waals surface area contributed by atoms with E-state index in [1.165, 1.54) is 11.1 Å². The first-order valence-corrected chi connectivity index (χ1v) is 4.65. The summed E-state index contributed by atoms with van der Waals surface area (Å²) in [6.45, 7) is 0. The van der Waals surface area contributed by atoms with Crippen LogP contribution in [0, 0.1) is 0 Å². The highest BCUT2D eigenvalue weighted by molar-refractivity contribution is 5.75. The number of rotatable bonds is 1. The van der Waals surface area contributed by atoms with Crippen LogP contribution >= 0.6 is 0 Å². The van der Waals surface area contributed by atoms with Crippen LogP contribution in [0.1, 0.15) is 40.4 Å². The maximum absolute atomic E-state index is 10.5. The lowest BCUT2D eigenvalue weighted by atomic mass is 9.87. The highest BCUT2D eigenvalue weighted by Crippen LogP contribution is 2.28. The number of carbonyl (C=O) groups excluding carboxylic acids is 1. The zero-order valence-corrected chi connectivity index (χ0v) is 7.49. The molecule has 1 aromatic carbocycles. The van der Waals surface area contributed by atoms with E-state index in [-0.39, 0.29) is 6.04 Å². The van der Waals surface area contributed by atoms with Gasteiger partial charge >= 0.3 is 0 Å². The Morgan fingerprint density at radius 3 is 3.08 bits per heavy atom. The molecule has 13 heavy (non-hydrogen) atoms. The van der Waals surface area contributed by atoms with Gasteiger partial charge in [0.2, 0.25) is 0 Å². The first kappa shape index (κ1) is 8.45. The molecule has 2 nitrogen and oxygen atoms in total. The average molecular weight is 175 g/mol. The van der Waals surface area contributed by atoms with Gasteiger partial charge in [-0.2, -0.15) is 0 Å². The van der Waals surface area contributed by atoms with Crippen LogP contribution in [0.25, 0.3) is 0 Å². The number of hydrogen-bond donors (Lipinski definition) is 1. The molecular formula is C11H13NO. The van der Waals surface area contributed by atoms with Gasteiger partial charge in [-0.15, -0.1) is 0 Å². The minimum Gasteiger partial charge on any atom is -0.324 e. The quantitative estimate of drug-likeness (QED) is 0.662. The number of aryl methyl sites for hydroxylation is 1. The van der Waals surface area contributed by atoms with E-state index in [4.69, 9.17) is 5.73 Å². The molecule has 0 spiro atoms. The molecule has 0 fully saturated rings. The smallest absolute Gasteiger partial charge is 0.150 e. The summed E-state index contributed by atoms with van der Waals surface area (Å²) in [4.78, 5) is 10.5. The van der Waals surface area contributed by atoms with E-state index < -0.39 is 0 Å². The molecule has 0 saturated heterocycles. The van der Waals surface area contributed by atoms with Crippen molar-refractivity contribution in [3.8, 4) is 0 Å². The summed E-state index contributed by atoms with van der Waals surface area (Å²) in [6.07, 6.45) is 4.15. The molecule has 0 saturated carbocycles. The summed E-state index contributed by atoms with van der Waals surface area (Å²) in [6, 6.07) is 5.96. The second-order valence-electron chi connectivity index (χ2n) is 3.57. The van der Waals surface area contributed by atoms with Crippen LogP contribution in [0.3, 0.4) is 0 Å². The maximum Gasteiger partial charge on any atom is 0.150 e. The molecule has 1 atom stereocenters. The molecule has 0 aromatic heterocycles. The van der Waals surface area contributed by atoms with Crippen LogP contribution in [0.15, 0.2) is 18.2 Å². The summed E-state index contributed by atoms with van der Waals surface area (Å²) < 4.78 is 0. The predicted molar refractivity (Wildman–Crippen MR) is 51.7 cm³/mol. The third kappa shape index (κ3) is 1.49. The molecular weight excluding hydrogens is 162 g/mol. The van der Waals surface area contributed by atoms with Gasteiger partial charge in [-0.1, -0.05) is 12.1 Å². The van der Waals surface area contributed by atoms with Crippen molar-refractivity contribution >= 4 is 6.29 Å². The minimum atomic E-state index is 0.171. The fraction of sp³-hybridized carbons (Fsp3) is 0.364. The zero-order valence-electron chi connectivity index (χ0n) is 7.49. The van der Waals surface area contributed by atoms with Gasteiger partial charge in [-0.3, -0.25) is 4.79 Å². The van der Waals surface area contributed by atoms with Crippen LogP contribution in [-0.2, 0) is 6.42 Å². The van der Waals surface area contributed by atoms with Gasteiger partial charge in [0, 0.05) is 11.6 Å². The normalized spacial score (nSPS) is 20.8. The van der Waals surface area contributed by atoms with E-state index in [1.807, 2.05) is 18.2 Å². The number of carbonyl (C=O) groups is 1. The average Bonchev–Trinajstić information content (AvgIpc) is 2.18. The standard InChI is InChI=1S/C11H13NO/c12-11-3-1-2-9-6-8(7-13)4-5-10(9)11/h4-7,11H,1-3,12H2/t11-/m1/s1. The van der Waals surface area contributed by atoms with E-state index in [1.54, 1.807) is 0 Å². The first-order valence-electron chi connectivity index (χ1n) is 4.65.